The van der Waals surface area contributed by atoms with Crippen molar-refractivity contribution in [3.05, 3.63) is 101 Å². The molecule has 0 aliphatic heterocycles. The van der Waals surface area contributed by atoms with Gasteiger partial charge in [-0.15, -0.1) is 0 Å². The maximum Gasteiger partial charge on any atom is 0.120 e. The Morgan fingerprint density at radius 1 is 0.846 bits per heavy atom. The predicted molar refractivity (Wildman–Crippen MR) is 108 cm³/mol. The SMILES string of the molecule is Cc1ccc(C)c(C(C)NCc2cccc(OCc3ccccc3)c2)c1. The smallest absolute Gasteiger partial charge is 0.120 e. The van der Waals surface area contributed by atoms with Gasteiger partial charge < -0.3 is 10.1 Å². The minimum Gasteiger partial charge on any atom is -0.489 e. The average molecular weight is 345 g/mol. The molecule has 3 rings (SSSR count). The summed E-state index contributed by atoms with van der Waals surface area (Å²) in [6.07, 6.45) is 0. The van der Waals surface area contributed by atoms with Crippen molar-refractivity contribution in [3.8, 4) is 5.75 Å². The van der Waals surface area contributed by atoms with Crippen LogP contribution in [0.3, 0.4) is 0 Å². The molecule has 0 spiro atoms. The molecule has 0 aliphatic carbocycles. The third-order valence-corrected chi connectivity index (χ3v) is 4.66. The molecule has 0 saturated heterocycles. The number of benzene rings is 3. The van der Waals surface area contributed by atoms with E-state index >= 15 is 0 Å². The summed E-state index contributed by atoms with van der Waals surface area (Å²) in [5.41, 5.74) is 6.40. The Balaban J connectivity index is 1.59. The van der Waals surface area contributed by atoms with E-state index in [-0.39, 0.29) is 0 Å². The molecule has 0 saturated carbocycles. The lowest BCUT2D eigenvalue weighted by Gasteiger charge is -2.18. The molecular formula is C24H27NO. The fourth-order valence-corrected chi connectivity index (χ4v) is 3.09. The Morgan fingerprint density at radius 3 is 2.42 bits per heavy atom. The van der Waals surface area contributed by atoms with Crippen LogP contribution in [0.5, 0.6) is 5.75 Å². The highest BCUT2D eigenvalue weighted by molar-refractivity contribution is 5.33. The number of hydrogen-bond donors (Lipinski definition) is 1. The molecule has 3 aromatic rings. The van der Waals surface area contributed by atoms with Crippen LogP contribution < -0.4 is 10.1 Å². The minimum atomic E-state index is 0.309. The van der Waals surface area contributed by atoms with Crippen LogP contribution >= 0.6 is 0 Å². The molecule has 2 nitrogen and oxygen atoms in total. The predicted octanol–water partition coefficient (Wildman–Crippen LogP) is 5.73. The van der Waals surface area contributed by atoms with Gasteiger partial charge >= 0.3 is 0 Å². The van der Waals surface area contributed by atoms with Crippen molar-refractivity contribution in [2.24, 2.45) is 0 Å². The zero-order valence-corrected chi connectivity index (χ0v) is 15.8. The summed E-state index contributed by atoms with van der Waals surface area (Å²) in [6.45, 7) is 7.94. The van der Waals surface area contributed by atoms with Gasteiger partial charge in [-0.25, -0.2) is 0 Å². The Kier molecular flexibility index (Phi) is 6.08. The van der Waals surface area contributed by atoms with E-state index in [0.29, 0.717) is 12.6 Å². The fourth-order valence-electron chi connectivity index (χ4n) is 3.09. The maximum absolute atomic E-state index is 5.93. The molecule has 134 valence electrons. The van der Waals surface area contributed by atoms with E-state index < -0.39 is 0 Å². The Labute approximate surface area is 156 Å². The van der Waals surface area contributed by atoms with Crippen molar-refractivity contribution >= 4 is 0 Å². The number of aryl methyl sites for hydroxylation is 2. The normalized spacial score (nSPS) is 12.0. The monoisotopic (exact) mass is 345 g/mol. The Hall–Kier alpha value is -2.58. The van der Waals surface area contributed by atoms with Gasteiger partial charge in [0.05, 0.1) is 0 Å². The van der Waals surface area contributed by atoms with Gasteiger partial charge in [-0.3, -0.25) is 0 Å². The van der Waals surface area contributed by atoms with Crippen LogP contribution in [0, 0.1) is 13.8 Å². The second kappa shape index (κ2) is 8.68. The molecule has 3 aromatic carbocycles. The summed E-state index contributed by atoms with van der Waals surface area (Å²) < 4.78 is 5.93. The van der Waals surface area contributed by atoms with Crippen LogP contribution in [0.1, 0.15) is 40.8 Å². The van der Waals surface area contributed by atoms with Crippen LogP contribution in [0.2, 0.25) is 0 Å². The van der Waals surface area contributed by atoms with Gasteiger partial charge in [0.2, 0.25) is 0 Å². The van der Waals surface area contributed by atoms with Crippen LogP contribution in [0.4, 0.5) is 0 Å². The molecule has 0 aliphatic rings. The molecule has 1 unspecified atom stereocenters. The van der Waals surface area contributed by atoms with Crippen molar-refractivity contribution in [1.29, 1.82) is 0 Å². The molecule has 0 amide bonds. The van der Waals surface area contributed by atoms with Crippen molar-refractivity contribution in [2.45, 2.75) is 40.0 Å². The van der Waals surface area contributed by atoms with Crippen LogP contribution in [0.25, 0.3) is 0 Å². The first kappa shape index (κ1) is 18.2. The van der Waals surface area contributed by atoms with Gasteiger partial charge in [-0.1, -0.05) is 66.2 Å². The Morgan fingerprint density at radius 2 is 1.62 bits per heavy atom. The third-order valence-electron chi connectivity index (χ3n) is 4.66. The highest BCUT2D eigenvalue weighted by atomic mass is 16.5. The number of hydrogen-bond acceptors (Lipinski definition) is 2. The highest BCUT2D eigenvalue weighted by Crippen LogP contribution is 2.20. The highest BCUT2D eigenvalue weighted by Gasteiger charge is 2.08. The average Bonchev–Trinajstić information content (AvgIpc) is 2.67. The third kappa shape index (κ3) is 4.96. The summed E-state index contributed by atoms with van der Waals surface area (Å²) in [7, 11) is 0. The summed E-state index contributed by atoms with van der Waals surface area (Å²) in [6, 6.07) is 25.5. The minimum absolute atomic E-state index is 0.309. The van der Waals surface area contributed by atoms with Crippen molar-refractivity contribution < 1.29 is 4.74 Å². The van der Waals surface area contributed by atoms with E-state index in [2.05, 4.69) is 74.6 Å². The van der Waals surface area contributed by atoms with Gasteiger partial charge in [-0.05, 0) is 55.2 Å². The Bertz CT molecular complexity index is 842. The molecule has 26 heavy (non-hydrogen) atoms. The largest absolute Gasteiger partial charge is 0.489 e. The first-order valence-electron chi connectivity index (χ1n) is 9.18. The zero-order valence-electron chi connectivity index (χ0n) is 15.8. The van der Waals surface area contributed by atoms with E-state index in [1.54, 1.807) is 0 Å². The van der Waals surface area contributed by atoms with E-state index in [9.17, 15) is 0 Å². The van der Waals surface area contributed by atoms with Gasteiger partial charge in [0.15, 0.2) is 0 Å². The van der Waals surface area contributed by atoms with Gasteiger partial charge in [-0.2, -0.15) is 0 Å². The van der Waals surface area contributed by atoms with Crippen LogP contribution in [-0.4, -0.2) is 0 Å². The molecular weight excluding hydrogens is 318 g/mol. The molecule has 2 heteroatoms. The molecule has 0 radical (unpaired) electrons. The molecule has 1 atom stereocenters. The topological polar surface area (TPSA) is 21.3 Å². The van der Waals surface area contributed by atoms with E-state index in [1.807, 2.05) is 24.3 Å². The molecule has 0 heterocycles. The lowest BCUT2D eigenvalue weighted by atomic mass is 10.00. The first-order chi connectivity index (χ1) is 12.6. The molecule has 1 N–H and O–H groups in total. The standard InChI is InChI=1S/C24H27NO/c1-18-12-13-19(2)24(14-18)20(3)25-16-22-10-7-11-23(15-22)26-17-21-8-5-4-6-9-21/h4-15,20,25H,16-17H2,1-3H3. The van der Waals surface area contributed by atoms with Crippen molar-refractivity contribution in [1.82, 2.24) is 5.32 Å². The van der Waals surface area contributed by atoms with E-state index in [1.165, 1.54) is 27.8 Å². The van der Waals surface area contributed by atoms with Gasteiger partial charge in [0, 0.05) is 12.6 Å². The number of ether oxygens (including phenoxy) is 1. The second-order valence-corrected chi connectivity index (χ2v) is 6.88. The molecule has 0 aromatic heterocycles. The quantitative estimate of drug-likeness (QED) is 0.590. The number of nitrogens with one attached hydrogen (secondary N) is 1. The lowest BCUT2D eigenvalue weighted by Crippen LogP contribution is -2.19. The fraction of sp³-hybridized carbons (Fsp3) is 0.250. The summed E-state index contributed by atoms with van der Waals surface area (Å²) in [5.74, 6) is 0.910. The van der Waals surface area contributed by atoms with Crippen LogP contribution in [0.15, 0.2) is 72.8 Å². The summed E-state index contributed by atoms with van der Waals surface area (Å²) in [4.78, 5) is 0. The van der Waals surface area contributed by atoms with Crippen molar-refractivity contribution in [3.63, 3.8) is 0 Å². The van der Waals surface area contributed by atoms with Gasteiger partial charge in [0.25, 0.3) is 0 Å². The molecule has 0 bridgehead atoms. The van der Waals surface area contributed by atoms with E-state index in [4.69, 9.17) is 4.74 Å². The number of rotatable bonds is 7. The van der Waals surface area contributed by atoms with Gasteiger partial charge in [0.1, 0.15) is 12.4 Å². The maximum atomic E-state index is 5.93. The van der Waals surface area contributed by atoms with E-state index in [0.717, 1.165) is 12.3 Å². The molecule has 0 fully saturated rings. The summed E-state index contributed by atoms with van der Waals surface area (Å²) in [5, 5.41) is 3.63. The first-order valence-corrected chi connectivity index (χ1v) is 9.18. The van der Waals surface area contributed by atoms with Crippen LogP contribution in [-0.2, 0) is 13.2 Å². The van der Waals surface area contributed by atoms with Crippen molar-refractivity contribution in [2.75, 3.05) is 0 Å². The zero-order chi connectivity index (χ0) is 18.4. The second-order valence-electron chi connectivity index (χ2n) is 6.88. The summed E-state index contributed by atoms with van der Waals surface area (Å²) >= 11 is 0. The lowest BCUT2D eigenvalue weighted by molar-refractivity contribution is 0.306.